The zero-order valence-corrected chi connectivity index (χ0v) is 19.5. The molecule has 0 fully saturated rings. The van der Waals surface area contributed by atoms with Gasteiger partial charge in [-0.3, -0.25) is 4.68 Å². The Labute approximate surface area is 182 Å². The van der Waals surface area contributed by atoms with Crippen molar-refractivity contribution in [3.8, 4) is 0 Å². The zero-order chi connectivity index (χ0) is 22.2. The second-order valence-electron chi connectivity index (χ2n) is 10.0. The second-order valence-corrected chi connectivity index (χ2v) is 10.0. The third-order valence-corrected chi connectivity index (χ3v) is 5.12. The molecule has 3 aromatic rings. The molecule has 0 aliphatic rings. The number of hydrogen-bond donors (Lipinski definition) is 3. The minimum absolute atomic E-state index is 0.133. The molecule has 7 nitrogen and oxygen atoms in total. The Balaban J connectivity index is 2.00. The minimum atomic E-state index is -0.262. The summed E-state index contributed by atoms with van der Waals surface area (Å²) in [7, 11) is 8.34. The van der Waals surface area contributed by atoms with Crippen LogP contribution in [-0.4, -0.2) is 62.4 Å². The summed E-state index contributed by atoms with van der Waals surface area (Å²) in [5, 5.41) is 15.7. The predicted molar refractivity (Wildman–Crippen MR) is 134 cm³/mol. The van der Waals surface area contributed by atoms with Gasteiger partial charge in [0.15, 0.2) is 5.65 Å². The molecule has 1 atom stereocenters. The molecule has 0 aliphatic carbocycles. The van der Waals surface area contributed by atoms with Gasteiger partial charge in [0.2, 0.25) is 5.95 Å². The van der Waals surface area contributed by atoms with Gasteiger partial charge in [0.1, 0.15) is 29.4 Å². The molecule has 0 saturated carbocycles. The number of nitrogens with one attached hydrogen (secondary N) is 3. The van der Waals surface area contributed by atoms with E-state index in [4.69, 9.17) is 9.97 Å². The van der Waals surface area contributed by atoms with E-state index < -0.39 is 0 Å². The molecule has 0 radical (unpaired) electrons. The first-order valence-corrected chi connectivity index (χ1v) is 10.5. The molecule has 30 heavy (non-hydrogen) atoms. The first kappa shape index (κ1) is 22.2. The first-order valence-electron chi connectivity index (χ1n) is 10.5. The molecule has 0 aliphatic heterocycles. The van der Waals surface area contributed by atoms with E-state index in [0.717, 1.165) is 16.9 Å². The average Bonchev–Trinajstić information content (AvgIpc) is 3.10. The highest BCUT2D eigenvalue weighted by Crippen LogP contribution is 2.27. The number of rotatable bonds is 7. The summed E-state index contributed by atoms with van der Waals surface area (Å²) < 4.78 is 1.96. The van der Waals surface area contributed by atoms with E-state index in [1.54, 1.807) is 0 Å². The average molecular weight is 403 g/mol. The van der Waals surface area contributed by atoms with E-state index in [1.165, 1.54) is 5.56 Å². The van der Waals surface area contributed by atoms with Crippen LogP contribution in [0.25, 0.3) is 11.0 Å². The normalized spacial score (nSPS) is 14.4. The molecular weight excluding hydrogens is 371 g/mol. The highest BCUT2D eigenvalue weighted by Gasteiger charge is 2.26. The summed E-state index contributed by atoms with van der Waals surface area (Å²) >= 11 is 0. The van der Waals surface area contributed by atoms with E-state index in [9.17, 15) is 0 Å². The monoisotopic (exact) mass is 403 g/mol. The summed E-state index contributed by atoms with van der Waals surface area (Å²) in [6.45, 7) is 9.17. The predicted octanol–water partition coefficient (Wildman–Crippen LogP) is 0.0505. The molecule has 1 unspecified atom stereocenters. The van der Waals surface area contributed by atoms with Crippen LogP contribution in [0, 0.1) is 0 Å². The standard InChI is InChI=1S/C20H32B3N7/c1-18(2,3)29-15-14-11-26-30(20(21,22)23)16(14)28-17(27-15)25-12-19(4,24-5)13-9-7-6-8-10-13/h6-11,24H,12,21-23H2,1-5H3,(H2,25,27,28,29). The molecule has 1 aromatic carbocycles. The van der Waals surface area contributed by atoms with Crippen LogP contribution in [0.15, 0.2) is 36.5 Å². The smallest absolute Gasteiger partial charge is 0.226 e. The van der Waals surface area contributed by atoms with Gasteiger partial charge in [-0.05, 0) is 45.5 Å². The van der Waals surface area contributed by atoms with Crippen LogP contribution in [0.3, 0.4) is 0 Å². The lowest BCUT2D eigenvalue weighted by Gasteiger charge is -2.30. The molecule has 156 valence electrons. The Hall–Kier alpha value is -2.48. The van der Waals surface area contributed by atoms with Gasteiger partial charge in [0.05, 0.1) is 17.1 Å². The van der Waals surface area contributed by atoms with E-state index in [0.29, 0.717) is 12.5 Å². The van der Waals surface area contributed by atoms with E-state index in [2.05, 4.69) is 96.5 Å². The van der Waals surface area contributed by atoms with Crippen LogP contribution in [0.1, 0.15) is 33.3 Å². The summed E-state index contributed by atoms with van der Waals surface area (Å²) in [6, 6.07) is 10.4. The molecule has 3 rings (SSSR count). The highest BCUT2D eigenvalue weighted by atomic mass is 15.3. The third kappa shape index (κ3) is 4.81. The number of fused-ring (bicyclic) bond motifs is 1. The van der Waals surface area contributed by atoms with Gasteiger partial charge in [0.25, 0.3) is 0 Å². The number of likely N-dealkylation sites (N-methyl/N-ethyl adjacent to an activating group) is 1. The van der Waals surface area contributed by atoms with Gasteiger partial charge in [-0.25, -0.2) is 0 Å². The van der Waals surface area contributed by atoms with Crippen molar-refractivity contribution in [1.29, 1.82) is 0 Å². The zero-order valence-electron chi connectivity index (χ0n) is 19.5. The van der Waals surface area contributed by atoms with Crippen molar-refractivity contribution in [3.63, 3.8) is 0 Å². The number of hydrogen-bond acceptors (Lipinski definition) is 6. The summed E-state index contributed by atoms with van der Waals surface area (Å²) in [6.07, 6.45) is 1.85. The number of benzene rings is 1. The van der Waals surface area contributed by atoms with Gasteiger partial charge >= 0.3 is 0 Å². The maximum absolute atomic E-state index is 4.83. The fourth-order valence-corrected chi connectivity index (χ4v) is 3.33. The van der Waals surface area contributed by atoms with Crippen LogP contribution in [0.4, 0.5) is 11.8 Å². The van der Waals surface area contributed by atoms with Crippen LogP contribution in [-0.2, 0) is 10.8 Å². The Bertz CT molecular complexity index is 1010. The lowest BCUT2D eigenvalue weighted by molar-refractivity contribution is 0.423. The Morgan fingerprint density at radius 3 is 2.23 bits per heavy atom. The molecule has 0 saturated heterocycles. The maximum Gasteiger partial charge on any atom is 0.226 e. The van der Waals surface area contributed by atoms with Gasteiger partial charge in [-0.1, -0.05) is 30.3 Å². The Morgan fingerprint density at radius 1 is 1.00 bits per heavy atom. The maximum atomic E-state index is 4.83. The molecule has 0 spiro atoms. The fraction of sp³-hybridized carbons (Fsp3) is 0.450. The van der Waals surface area contributed by atoms with Crippen LogP contribution in [0.5, 0.6) is 0 Å². The molecule has 0 amide bonds. The molecule has 0 bridgehead atoms. The lowest BCUT2D eigenvalue weighted by Crippen LogP contribution is -2.43. The largest absolute Gasteiger partial charge is 0.365 e. The van der Waals surface area contributed by atoms with Gasteiger partial charge < -0.3 is 16.0 Å². The van der Waals surface area contributed by atoms with E-state index in [-0.39, 0.29) is 16.3 Å². The third-order valence-electron chi connectivity index (χ3n) is 5.12. The van der Waals surface area contributed by atoms with Gasteiger partial charge in [-0.2, -0.15) is 15.1 Å². The summed E-state index contributed by atoms with van der Waals surface area (Å²) in [5.74, 6) is 1.37. The van der Waals surface area contributed by atoms with Crippen molar-refractivity contribution in [2.45, 2.75) is 44.0 Å². The number of anilines is 2. The lowest BCUT2D eigenvalue weighted by atomic mass is 9.49. The summed E-state index contributed by atoms with van der Waals surface area (Å²) in [5.41, 5.74) is 1.62. The molecular formula is C20H32B3N7. The number of aromatic nitrogens is 4. The van der Waals surface area contributed by atoms with Crippen LogP contribution >= 0.6 is 0 Å². The number of nitrogens with zero attached hydrogens (tertiary/aromatic N) is 4. The topological polar surface area (TPSA) is 79.7 Å². The second kappa shape index (κ2) is 7.98. The molecule has 3 N–H and O–H groups in total. The van der Waals surface area contributed by atoms with Gasteiger partial charge in [-0.15, -0.1) is 0 Å². The molecule has 2 heterocycles. The quantitative estimate of drug-likeness (QED) is 0.485. The molecule has 10 heteroatoms. The van der Waals surface area contributed by atoms with Crippen molar-refractivity contribution in [1.82, 2.24) is 25.1 Å². The van der Waals surface area contributed by atoms with E-state index >= 15 is 0 Å². The fourth-order valence-electron chi connectivity index (χ4n) is 3.33. The van der Waals surface area contributed by atoms with Gasteiger partial charge in [0, 0.05) is 12.1 Å². The minimum Gasteiger partial charge on any atom is -0.365 e. The first-order chi connectivity index (χ1) is 13.9. The van der Waals surface area contributed by atoms with Crippen LogP contribution in [0.2, 0.25) is 0 Å². The van der Waals surface area contributed by atoms with Crippen molar-refractivity contribution >= 4 is 46.3 Å². The van der Waals surface area contributed by atoms with Crippen molar-refractivity contribution in [2.24, 2.45) is 0 Å². The summed E-state index contributed by atoms with van der Waals surface area (Å²) in [4.78, 5) is 9.63. The van der Waals surface area contributed by atoms with Crippen molar-refractivity contribution < 1.29 is 0 Å². The Morgan fingerprint density at radius 2 is 1.67 bits per heavy atom. The molecule has 2 aromatic heterocycles. The SMILES string of the molecule is BC(B)(B)n1ncc2c(NC(C)(C)C)nc(NCC(C)(NC)c3ccccc3)nc21. The van der Waals surface area contributed by atoms with E-state index in [1.807, 2.05) is 24.0 Å². The van der Waals surface area contributed by atoms with Crippen molar-refractivity contribution in [2.75, 3.05) is 24.2 Å². The van der Waals surface area contributed by atoms with Crippen molar-refractivity contribution in [3.05, 3.63) is 42.1 Å². The highest BCUT2D eigenvalue weighted by molar-refractivity contribution is 6.56. The van der Waals surface area contributed by atoms with Crippen LogP contribution < -0.4 is 16.0 Å². The Kier molecular flexibility index (Phi) is 5.91.